The van der Waals surface area contributed by atoms with Crippen LogP contribution < -0.4 is 5.32 Å². The smallest absolute Gasteiger partial charge is 0.271 e. The highest BCUT2D eigenvalue weighted by molar-refractivity contribution is 5.76. The Morgan fingerprint density at radius 1 is 1.62 bits per heavy atom. The van der Waals surface area contributed by atoms with E-state index >= 15 is 0 Å². The van der Waals surface area contributed by atoms with E-state index in [1.54, 1.807) is 7.05 Å². The Bertz CT molecular complexity index is 192. The summed E-state index contributed by atoms with van der Waals surface area (Å²) in [6.45, 7) is 3.65. The highest BCUT2D eigenvalue weighted by Crippen LogP contribution is 2.14. The summed E-state index contributed by atoms with van der Waals surface area (Å²) in [5.41, 5.74) is -0.176. The third-order valence-corrected chi connectivity index (χ3v) is 2.17. The number of hydrogen-bond acceptors (Lipinski definition) is 4. The van der Waals surface area contributed by atoms with E-state index in [0.717, 1.165) is 18.2 Å². The molecule has 0 saturated carbocycles. The van der Waals surface area contributed by atoms with Gasteiger partial charge in [0.05, 0.1) is 12.7 Å². The van der Waals surface area contributed by atoms with Gasteiger partial charge in [-0.05, 0) is 6.92 Å². The zero-order valence-electron chi connectivity index (χ0n) is 8.29. The molecule has 0 aliphatic carbocycles. The van der Waals surface area contributed by atoms with Crippen LogP contribution in [0.2, 0.25) is 0 Å². The maximum Gasteiger partial charge on any atom is 0.271 e. The summed E-state index contributed by atoms with van der Waals surface area (Å²) in [7, 11) is 3.01. The van der Waals surface area contributed by atoms with Crippen LogP contribution >= 0.6 is 0 Å². The number of nitrogens with zero attached hydrogens (tertiary/aromatic N) is 1. The summed E-state index contributed by atoms with van der Waals surface area (Å²) in [4.78, 5) is 15.9. The molecule has 0 unspecified atom stereocenters. The number of hydrogen-bond donors (Lipinski definition) is 1. The van der Waals surface area contributed by atoms with Crippen molar-refractivity contribution >= 4 is 5.91 Å². The van der Waals surface area contributed by atoms with Crippen molar-refractivity contribution in [2.24, 2.45) is 0 Å². The lowest BCUT2D eigenvalue weighted by Gasteiger charge is -2.38. The van der Waals surface area contributed by atoms with Gasteiger partial charge < -0.3 is 10.1 Å². The molecule has 0 spiro atoms. The van der Waals surface area contributed by atoms with Crippen LogP contribution in [0.25, 0.3) is 0 Å². The zero-order chi connectivity index (χ0) is 9.90. The molecule has 1 fully saturated rings. The lowest BCUT2D eigenvalue weighted by Crippen LogP contribution is -2.59. The van der Waals surface area contributed by atoms with Crippen LogP contribution in [0.3, 0.4) is 0 Å². The van der Waals surface area contributed by atoms with Crippen LogP contribution in [0.4, 0.5) is 0 Å². The number of carbonyl (C=O) groups excluding carboxylic acids is 1. The number of carbonyl (C=O) groups is 1. The zero-order valence-corrected chi connectivity index (χ0v) is 8.29. The van der Waals surface area contributed by atoms with E-state index in [-0.39, 0.29) is 18.1 Å². The van der Waals surface area contributed by atoms with Gasteiger partial charge in [-0.1, -0.05) is 0 Å². The fourth-order valence-electron chi connectivity index (χ4n) is 1.01. The Balaban J connectivity index is 2.21. The molecule has 0 atom stereocenters. The van der Waals surface area contributed by atoms with Crippen LogP contribution in [0.15, 0.2) is 0 Å². The van der Waals surface area contributed by atoms with Gasteiger partial charge in [-0.25, -0.2) is 5.06 Å². The molecule has 0 radical (unpaired) electrons. The lowest BCUT2D eigenvalue weighted by atomic mass is 10.0. The monoisotopic (exact) mass is 188 g/mol. The van der Waals surface area contributed by atoms with Crippen LogP contribution in [0, 0.1) is 0 Å². The van der Waals surface area contributed by atoms with E-state index < -0.39 is 0 Å². The lowest BCUT2D eigenvalue weighted by molar-refractivity contribution is -0.180. The number of nitrogens with one attached hydrogen (secondary N) is 1. The minimum absolute atomic E-state index is 0.0719. The fraction of sp³-hybridized carbons (Fsp3) is 0.875. The van der Waals surface area contributed by atoms with E-state index in [9.17, 15) is 4.79 Å². The Morgan fingerprint density at radius 3 is 2.62 bits per heavy atom. The molecule has 1 saturated heterocycles. The second kappa shape index (κ2) is 4.04. The van der Waals surface area contributed by atoms with E-state index in [1.807, 2.05) is 6.92 Å². The maximum absolute atomic E-state index is 11.2. The van der Waals surface area contributed by atoms with Crippen molar-refractivity contribution in [3.63, 3.8) is 0 Å². The van der Waals surface area contributed by atoms with Crippen molar-refractivity contribution in [3.05, 3.63) is 0 Å². The van der Waals surface area contributed by atoms with Gasteiger partial charge in [0.25, 0.3) is 5.91 Å². The molecule has 1 rings (SSSR count). The molecule has 1 heterocycles. The third-order valence-electron chi connectivity index (χ3n) is 2.17. The molecular formula is C8H16N2O3. The van der Waals surface area contributed by atoms with Crippen molar-refractivity contribution in [3.8, 4) is 0 Å². The standard InChI is InChI=1S/C8H16N2O3/c1-8(5-9-6-8)13-4-7(11)10(2)12-3/h9H,4-6H2,1-3H3. The van der Waals surface area contributed by atoms with Gasteiger partial charge in [0.15, 0.2) is 0 Å². The Morgan fingerprint density at radius 2 is 2.23 bits per heavy atom. The number of amides is 1. The van der Waals surface area contributed by atoms with Crippen molar-refractivity contribution in [1.29, 1.82) is 0 Å². The van der Waals surface area contributed by atoms with Gasteiger partial charge in [0.2, 0.25) is 0 Å². The van der Waals surface area contributed by atoms with E-state index in [4.69, 9.17) is 9.57 Å². The second-order valence-corrected chi connectivity index (χ2v) is 3.42. The predicted octanol–water partition coefficient (Wildman–Crippen LogP) is -0.615. The molecule has 0 aromatic rings. The SMILES string of the molecule is CON(C)C(=O)COC1(C)CNC1. The summed E-state index contributed by atoms with van der Waals surface area (Å²) in [5, 5.41) is 4.25. The van der Waals surface area contributed by atoms with E-state index in [0.29, 0.717) is 0 Å². The van der Waals surface area contributed by atoms with Gasteiger partial charge in [-0.3, -0.25) is 9.63 Å². The predicted molar refractivity (Wildman–Crippen MR) is 47.0 cm³/mol. The quantitative estimate of drug-likeness (QED) is 0.598. The summed E-state index contributed by atoms with van der Waals surface area (Å²) in [6.07, 6.45) is 0. The summed E-state index contributed by atoms with van der Waals surface area (Å²) in [5.74, 6) is -0.171. The molecule has 0 bridgehead atoms. The molecule has 0 aromatic heterocycles. The molecule has 1 N–H and O–H groups in total. The molecule has 0 aromatic carbocycles. The van der Waals surface area contributed by atoms with Gasteiger partial charge in [0.1, 0.15) is 6.61 Å². The average molecular weight is 188 g/mol. The van der Waals surface area contributed by atoms with Crippen molar-refractivity contribution in [2.75, 3.05) is 33.9 Å². The van der Waals surface area contributed by atoms with Crippen LogP contribution in [-0.4, -0.2) is 50.4 Å². The first-order chi connectivity index (χ1) is 6.07. The molecule has 13 heavy (non-hydrogen) atoms. The van der Waals surface area contributed by atoms with Crippen LogP contribution in [-0.2, 0) is 14.4 Å². The van der Waals surface area contributed by atoms with Crippen molar-refractivity contribution < 1.29 is 14.4 Å². The number of rotatable bonds is 4. The Kier molecular flexibility index (Phi) is 3.24. The Labute approximate surface area is 77.9 Å². The molecule has 1 amide bonds. The van der Waals surface area contributed by atoms with Gasteiger partial charge in [-0.15, -0.1) is 0 Å². The maximum atomic E-state index is 11.2. The summed E-state index contributed by atoms with van der Waals surface area (Å²) < 4.78 is 5.42. The molecular weight excluding hydrogens is 172 g/mol. The van der Waals surface area contributed by atoms with E-state index in [1.165, 1.54) is 7.11 Å². The summed E-state index contributed by atoms with van der Waals surface area (Å²) >= 11 is 0. The van der Waals surface area contributed by atoms with Crippen molar-refractivity contribution in [2.45, 2.75) is 12.5 Å². The molecule has 5 nitrogen and oxygen atoms in total. The van der Waals surface area contributed by atoms with Gasteiger partial charge >= 0.3 is 0 Å². The normalized spacial score (nSPS) is 19.3. The third kappa shape index (κ3) is 2.65. The number of ether oxygens (including phenoxy) is 1. The average Bonchev–Trinajstić information content (AvgIpc) is 2.09. The van der Waals surface area contributed by atoms with E-state index in [2.05, 4.69) is 5.32 Å². The topological polar surface area (TPSA) is 50.8 Å². The molecule has 76 valence electrons. The molecule has 5 heteroatoms. The van der Waals surface area contributed by atoms with Crippen molar-refractivity contribution in [1.82, 2.24) is 10.4 Å². The van der Waals surface area contributed by atoms with Crippen LogP contribution in [0.5, 0.6) is 0 Å². The highest BCUT2D eigenvalue weighted by Gasteiger charge is 2.33. The second-order valence-electron chi connectivity index (χ2n) is 3.42. The fourth-order valence-corrected chi connectivity index (χ4v) is 1.01. The van der Waals surface area contributed by atoms with Gasteiger partial charge in [-0.2, -0.15) is 0 Å². The first kappa shape index (κ1) is 10.4. The molecule has 1 aliphatic heterocycles. The largest absolute Gasteiger partial charge is 0.363 e. The number of hydroxylamine groups is 2. The highest BCUT2D eigenvalue weighted by atomic mass is 16.7. The minimum atomic E-state index is -0.176. The Hall–Kier alpha value is -0.650. The first-order valence-electron chi connectivity index (χ1n) is 4.23. The molecule has 1 aliphatic rings. The summed E-state index contributed by atoms with van der Waals surface area (Å²) in [6, 6.07) is 0. The van der Waals surface area contributed by atoms with Crippen LogP contribution in [0.1, 0.15) is 6.92 Å². The minimum Gasteiger partial charge on any atom is -0.363 e. The van der Waals surface area contributed by atoms with Gasteiger partial charge in [0, 0.05) is 20.1 Å². The number of likely N-dealkylation sites (N-methyl/N-ethyl adjacent to an activating group) is 1. The first-order valence-corrected chi connectivity index (χ1v) is 4.23.